The minimum Gasteiger partial charge on any atom is -0.486 e. The van der Waals surface area contributed by atoms with Gasteiger partial charge in [-0.2, -0.15) is 10.2 Å². The monoisotopic (exact) mass is 853 g/mol. The molecule has 0 radical (unpaired) electrons. The van der Waals surface area contributed by atoms with Gasteiger partial charge in [0, 0.05) is 86.7 Å². The lowest BCUT2D eigenvalue weighted by Crippen LogP contribution is -2.52. The first kappa shape index (κ1) is 39.6. The van der Waals surface area contributed by atoms with Crippen LogP contribution in [-0.2, 0) is 16.6 Å². The zero-order chi connectivity index (χ0) is 41.7. The number of hydrogen-bond donors (Lipinski definition) is 2. The molecule has 6 aromatic rings. The van der Waals surface area contributed by atoms with E-state index in [2.05, 4.69) is 35.4 Å². The van der Waals surface area contributed by atoms with Crippen LogP contribution in [-0.4, -0.2) is 110 Å². The summed E-state index contributed by atoms with van der Waals surface area (Å²) >= 11 is 12.7. The van der Waals surface area contributed by atoms with Crippen molar-refractivity contribution in [2.24, 2.45) is 7.05 Å². The number of pyridine rings is 2. The number of urea groups is 1. The summed E-state index contributed by atoms with van der Waals surface area (Å²) in [6.07, 6.45) is 6.08. The largest absolute Gasteiger partial charge is 0.486 e. The number of halogens is 3. The first-order valence-corrected chi connectivity index (χ1v) is 20.7. The SMILES string of the molecule is C[C@@H](Oc1ccc2[nH]nc(-c3ccc(N4CCN(C(=O)CN5CCC(c6cc7c(cc6F)c(N6CCC(=O)NC6=O)nn7C)CC5)CC4)nc3)c2c1)c1c(Cl)cncc1Cl. The molecule has 2 aromatic carbocycles. The van der Waals surface area contributed by atoms with Crippen molar-refractivity contribution in [2.75, 3.05) is 62.2 Å². The van der Waals surface area contributed by atoms with E-state index in [0.717, 1.165) is 28.0 Å². The van der Waals surface area contributed by atoms with E-state index >= 15 is 4.39 Å². The second-order valence-electron chi connectivity index (χ2n) is 15.5. The summed E-state index contributed by atoms with van der Waals surface area (Å²) in [6, 6.07) is 12.4. The van der Waals surface area contributed by atoms with Gasteiger partial charge < -0.3 is 14.5 Å². The fourth-order valence-electron chi connectivity index (χ4n) is 8.50. The molecule has 2 N–H and O–H groups in total. The van der Waals surface area contributed by atoms with Crippen molar-refractivity contribution in [1.82, 2.24) is 45.1 Å². The van der Waals surface area contributed by atoms with Crippen molar-refractivity contribution in [1.29, 1.82) is 0 Å². The zero-order valence-corrected chi connectivity index (χ0v) is 34.5. The van der Waals surface area contributed by atoms with Crippen LogP contribution in [0, 0.1) is 5.82 Å². The van der Waals surface area contributed by atoms with Gasteiger partial charge in [0.05, 0.1) is 27.6 Å². The number of H-pyrrole nitrogens is 1. The van der Waals surface area contributed by atoms with Crippen LogP contribution in [0.25, 0.3) is 33.1 Å². The lowest BCUT2D eigenvalue weighted by Gasteiger charge is -2.37. The predicted molar refractivity (Wildman–Crippen MR) is 226 cm³/mol. The maximum Gasteiger partial charge on any atom is 0.329 e. The molecule has 4 aromatic heterocycles. The van der Waals surface area contributed by atoms with E-state index in [1.54, 1.807) is 24.1 Å². The number of nitrogens with one attached hydrogen (secondary N) is 2. The molecule has 0 bridgehead atoms. The number of anilines is 2. The molecule has 3 fully saturated rings. The number of nitrogens with zero attached hydrogens (tertiary/aromatic N) is 9. The number of aromatic nitrogens is 6. The number of likely N-dealkylation sites (tertiary alicyclic amines) is 1. The highest BCUT2D eigenvalue weighted by Crippen LogP contribution is 2.37. The average Bonchev–Trinajstić information content (AvgIpc) is 3.80. The Bertz CT molecular complexity index is 2600. The van der Waals surface area contributed by atoms with Gasteiger partial charge in [-0.3, -0.25) is 39.5 Å². The molecule has 3 saturated heterocycles. The lowest BCUT2D eigenvalue weighted by molar-refractivity contribution is -0.133. The maximum atomic E-state index is 15.7. The Balaban J connectivity index is 0.775. The number of carbonyl (C=O) groups excluding carboxylic acids is 3. The molecule has 0 saturated carbocycles. The van der Waals surface area contributed by atoms with Gasteiger partial charge in [0.2, 0.25) is 11.8 Å². The number of aryl methyl sites for hydroxylation is 1. The van der Waals surface area contributed by atoms with Crippen LogP contribution in [0.1, 0.15) is 49.3 Å². The Morgan fingerprint density at radius 1 is 0.950 bits per heavy atom. The number of benzene rings is 2. The van der Waals surface area contributed by atoms with Crippen LogP contribution in [0.5, 0.6) is 5.75 Å². The number of imide groups is 1. The second kappa shape index (κ2) is 16.3. The molecule has 0 spiro atoms. The average molecular weight is 855 g/mol. The molecule has 0 aliphatic carbocycles. The van der Waals surface area contributed by atoms with E-state index in [0.29, 0.717) is 102 Å². The molecule has 9 rings (SSSR count). The number of carbonyl (C=O) groups is 3. The van der Waals surface area contributed by atoms with Crippen molar-refractivity contribution < 1.29 is 23.5 Å². The molecular formula is C42H42Cl2FN11O4. The van der Waals surface area contributed by atoms with Crippen molar-refractivity contribution in [2.45, 2.75) is 38.2 Å². The Hall–Kier alpha value is -5.84. The van der Waals surface area contributed by atoms with Crippen molar-refractivity contribution in [3.05, 3.63) is 88.0 Å². The van der Waals surface area contributed by atoms with Gasteiger partial charge >= 0.3 is 6.03 Å². The van der Waals surface area contributed by atoms with Gasteiger partial charge in [0.1, 0.15) is 29.2 Å². The highest BCUT2D eigenvalue weighted by molar-refractivity contribution is 6.35. The van der Waals surface area contributed by atoms with Crippen molar-refractivity contribution in [3.8, 4) is 17.0 Å². The Morgan fingerprint density at radius 2 is 1.72 bits per heavy atom. The standard InChI is InChI=1S/C42H42Cl2FN11O4/c1-24(39-31(43)21-46-22-32(39)44)60-27-4-5-34-29(17-27)40(50-49-34)26-3-6-36(47-20-26)54-13-15-55(16-14-54)38(58)23-53-10-7-25(8-11-53)28-19-35-30(18-33(28)45)41(51-52(35)2)56-12-9-37(57)48-42(56)59/h3-6,17-22,24-25H,7-16,23H2,1-2H3,(H,49,50)(H,48,57,59)/t24-/m1/s1. The van der Waals surface area contributed by atoms with Gasteiger partial charge in [0.25, 0.3) is 0 Å². The number of aromatic amines is 1. The Morgan fingerprint density at radius 3 is 2.43 bits per heavy atom. The van der Waals surface area contributed by atoms with Gasteiger partial charge in [-0.25, -0.2) is 14.2 Å². The third kappa shape index (κ3) is 7.70. The number of piperazine rings is 1. The molecule has 3 aliphatic rings. The van der Waals surface area contributed by atoms with Gasteiger partial charge in [-0.05, 0) is 86.8 Å². The Labute approximate surface area is 354 Å². The number of hydrogen-bond acceptors (Lipinski definition) is 10. The molecule has 18 heteroatoms. The van der Waals surface area contributed by atoms with Crippen LogP contribution >= 0.6 is 23.2 Å². The fraction of sp³-hybridized carbons (Fsp3) is 0.357. The van der Waals surface area contributed by atoms with Gasteiger partial charge in [-0.1, -0.05) is 23.2 Å². The summed E-state index contributed by atoms with van der Waals surface area (Å²) in [5.74, 6) is 1.19. The van der Waals surface area contributed by atoms with Crippen molar-refractivity contribution >= 4 is 74.5 Å². The Kier molecular flexibility index (Phi) is 10.8. The smallest absolute Gasteiger partial charge is 0.329 e. The van der Waals surface area contributed by atoms with E-state index in [9.17, 15) is 14.4 Å². The van der Waals surface area contributed by atoms with Gasteiger partial charge in [0.15, 0.2) is 5.82 Å². The molecule has 1 atom stereocenters. The van der Waals surface area contributed by atoms with Crippen molar-refractivity contribution in [3.63, 3.8) is 0 Å². The summed E-state index contributed by atoms with van der Waals surface area (Å²) in [6.45, 7) is 6.25. The van der Waals surface area contributed by atoms with Crippen LogP contribution in [0.3, 0.4) is 0 Å². The zero-order valence-electron chi connectivity index (χ0n) is 33.0. The molecule has 7 heterocycles. The van der Waals surface area contributed by atoms with Crippen LogP contribution in [0.4, 0.5) is 20.8 Å². The van der Waals surface area contributed by atoms with Crippen LogP contribution < -0.4 is 19.9 Å². The number of fused-ring (bicyclic) bond motifs is 2. The van der Waals surface area contributed by atoms with E-state index in [-0.39, 0.29) is 36.5 Å². The summed E-state index contributed by atoms with van der Waals surface area (Å²) in [5, 5.41) is 16.8. The fourth-order valence-corrected chi connectivity index (χ4v) is 9.18. The molecular weight excluding hydrogens is 812 g/mol. The predicted octanol–water partition coefficient (Wildman–Crippen LogP) is 6.47. The van der Waals surface area contributed by atoms with E-state index in [1.165, 1.54) is 11.0 Å². The third-order valence-electron chi connectivity index (χ3n) is 11.8. The number of rotatable bonds is 9. The normalized spacial score (nSPS) is 17.4. The van der Waals surface area contributed by atoms with Crippen LogP contribution in [0.2, 0.25) is 10.0 Å². The molecule has 0 unspecified atom stereocenters. The maximum absolute atomic E-state index is 15.7. The summed E-state index contributed by atoms with van der Waals surface area (Å²) < 4.78 is 23.5. The second-order valence-corrected chi connectivity index (χ2v) is 16.3. The first-order valence-electron chi connectivity index (χ1n) is 19.9. The van der Waals surface area contributed by atoms with E-state index in [4.69, 9.17) is 32.9 Å². The highest BCUT2D eigenvalue weighted by Gasteiger charge is 2.31. The van der Waals surface area contributed by atoms with Crippen LogP contribution in [0.15, 0.2) is 61.1 Å². The lowest BCUT2D eigenvalue weighted by atomic mass is 9.88. The molecule has 4 amide bonds. The summed E-state index contributed by atoms with van der Waals surface area (Å²) in [5.41, 5.74) is 4.46. The number of piperidine rings is 1. The van der Waals surface area contributed by atoms with Gasteiger partial charge in [-0.15, -0.1) is 0 Å². The highest BCUT2D eigenvalue weighted by atomic mass is 35.5. The summed E-state index contributed by atoms with van der Waals surface area (Å²) in [4.78, 5) is 54.0. The van der Waals surface area contributed by atoms with E-state index < -0.39 is 12.1 Å². The molecule has 60 heavy (non-hydrogen) atoms. The number of ether oxygens (including phenoxy) is 1. The minimum atomic E-state index is -0.559. The molecule has 15 nitrogen and oxygen atoms in total. The molecule has 310 valence electrons. The topological polar surface area (TPSA) is 158 Å². The quantitative estimate of drug-likeness (QED) is 0.165. The number of amides is 4. The first-order chi connectivity index (χ1) is 29.0. The minimum absolute atomic E-state index is 0.0114. The molecule has 3 aliphatic heterocycles. The summed E-state index contributed by atoms with van der Waals surface area (Å²) in [7, 11) is 1.76. The third-order valence-corrected chi connectivity index (χ3v) is 12.4. The van der Waals surface area contributed by atoms with E-state index in [1.807, 2.05) is 54.4 Å².